The summed E-state index contributed by atoms with van der Waals surface area (Å²) in [4.78, 5) is 22.2. The van der Waals surface area contributed by atoms with Crippen LogP contribution < -0.4 is 16.8 Å². The molecule has 2 aromatic rings. The van der Waals surface area contributed by atoms with Crippen LogP contribution in [0, 0.1) is 0 Å². The molecular formula is C21H32N7O+. The normalized spacial score (nSPS) is 21.9. The lowest BCUT2D eigenvalue weighted by atomic mass is 10.1. The number of guanidine groups is 1. The number of nitrogens with zero attached hydrogens (tertiary/aromatic N) is 3. The fourth-order valence-electron chi connectivity index (χ4n) is 3.82. The van der Waals surface area contributed by atoms with Crippen molar-refractivity contribution < 1.29 is 9.37 Å². The maximum Gasteiger partial charge on any atom is 0.387 e. The van der Waals surface area contributed by atoms with E-state index in [-0.39, 0.29) is 17.8 Å². The fourth-order valence-corrected chi connectivity index (χ4v) is 3.82. The van der Waals surface area contributed by atoms with E-state index in [9.17, 15) is 4.79 Å². The summed E-state index contributed by atoms with van der Waals surface area (Å²) in [5.41, 5.74) is 14.3. The van der Waals surface area contributed by atoms with Crippen LogP contribution in [0.5, 0.6) is 0 Å². The quantitative estimate of drug-likeness (QED) is 0.345. The van der Waals surface area contributed by atoms with E-state index in [1.807, 2.05) is 35.9 Å². The molecule has 1 aromatic heterocycles. The molecule has 8 heteroatoms. The zero-order valence-electron chi connectivity index (χ0n) is 17.6. The van der Waals surface area contributed by atoms with Crippen LogP contribution in [0.2, 0.25) is 0 Å². The average molecular weight is 399 g/mol. The largest absolute Gasteiger partial charge is 0.387 e. The number of likely N-dealkylation sites (N-methyl/N-ethyl adjacent to an activating group) is 1. The molecule has 8 nitrogen and oxygen atoms in total. The number of amides is 1. The number of carbonyl (C=O) groups excluding carboxylic acids is 1. The number of aliphatic imine (C=N–C) groups is 1. The van der Waals surface area contributed by atoms with Crippen LogP contribution in [0.3, 0.4) is 0 Å². The first-order valence-electron chi connectivity index (χ1n) is 10.1. The van der Waals surface area contributed by atoms with Crippen molar-refractivity contribution in [2.24, 2.45) is 16.5 Å². The van der Waals surface area contributed by atoms with Gasteiger partial charge < -0.3 is 16.0 Å². The van der Waals surface area contributed by atoms with Crippen LogP contribution in [0.15, 0.2) is 35.5 Å². The van der Waals surface area contributed by atoms with Gasteiger partial charge in [-0.2, -0.15) is 0 Å². The number of benzene rings is 1. The highest BCUT2D eigenvalue weighted by Gasteiger charge is 2.28. The lowest BCUT2D eigenvalue weighted by molar-refractivity contribution is -0.554. The van der Waals surface area contributed by atoms with Crippen molar-refractivity contribution >= 4 is 28.6 Å². The summed E-state index contributed by atoms with van der Waals surface area (Å²) in [7, 11) is 2.10. The van der Waals surface area contributed by atoms with Gasteiger partial charge in [-0.3, -0.25) is 20.0 Å². The summed E-state index contributed by atoms with van der Waals surface area (Å²) in [5.74, 6) is -0.239. The van der Waals surface area contributed by atoms with E-state index in [1.54, 1.807) is 0 Å². The number of para-hydroxylation sites is 1. The highest BCUT2D eigenvalue weighted by Crippen LogP contribution is 2.19. The van der Waals surface area contributed by atoms with Crippen LogP contribution in [-0.4, -0.2) is 70.4 Å². The second kappa shape index (κ2) is 8.65. The minimum atomic E-state index is -0.407. The van der Waals surface area contributed by atoms with Gasteiger partial charge in [-0.15, -0.1) is 0 Å². The third-order valence-corrected chi connectivity index (χ3v) is 5.73. The molecule has 0 aliphatic carbocycles. The van der Waals surface area contributed by atoms with E-state index in [2.05, 4.69) is 47.2 Å². The number of nitrogens with two attached hydrogens (primary N) is 2. The minimum Gasteiger partial charge on any atom is -0.365 e. The Balaban J connectivity index is 1.64. The number of aromatic nitrogens is 1. The Morgan fingerprint density at radius 3 is 2.66 bits per heavy atom. The highest BCUT2D eigenvalue weighted by atomic mass is 16.2. The van der Waals surface area contributed by atoms with E-state index in [0.717, 1.165) is 29.6 Å². The Hall–Kier alpha value is -2.87. The zero-order valence-corrected chi connectivity index (χ0v) is 17.6. The molecule has 29 heavy (non-hydrogen) atoms. The van der Waals surface area contributed by atoms with Crippen molar-refractivity contribution in [3.8, 4) is 0 Å². The number of hydrogen-bond donors (Lipinski definition) is 4. The first kappa shape index (κ1) is 20.9. The van der Waals surface area contributed by atoms with Crippen LogP contribution in [0.1, 0.15) is 26.3 Å². The molecule has 0 bridgehead atoms. The van der Waals surface area contributed by atoms with Crippen molar-refractivity contribution in [3.05, 3.63) is 36.0 Å². The second-order valence-corrected chi connectivity index (χ2v) is 8.06. The Kier molecular flexibility index (Phi) is 6.22. The molecule has 156 valence electrons. The van der Waals surface area contributed by atoms with E-state index in [0.29, 0.717) is 18.5 Å². The molecule has 0 radical (unpaired) electrons. The van der Waals surface area contributed by atoms with Crippen LogP contribution in [0.25, 0.3) is 10.9 Å². The van der Waals surface area contributed by atoms with E-state index >= 15 is 0 Å². The molecule has 6 N–H and O–H groups in total. The van der Waals surface area contributed by atoms with Gasteiger partial charge in [0.1, 0.15) is 0 Å². The maximum absolute atomic E-state index is 12.5. The monoisotopic (exact) mass is 398 g/mol. The summed E-state index contributed by atoms with van der Waals surface area (Å²) in [5, 5.41) is 4.07. The van der Waals surface area contributed by atoms with Gasteiger partial charge in [-0.1, -0.05) is 18.2 Å². The van der Waals surface area contributed by atoms with Gasteiger partial charge in [0.15, 0.2) is 0 Å². The SMILES string of the molecule is CC(Cc1c[nH]c2ccccc12)NC(=O)C(N)=NC(N)=[N+]1C[C@@H](C)N(C)[C@H](C)C1. The van der Waals surface area contributed by atoms with Gasteiger partial charge in [0.05, 0.1) is 13.1 Å². The van der Waals surface area contributed by atoms with E-state index in [4.69, 9.17) is 11.5 Å². The first-order chi connectivity index (χ1) is 13.8. The van der Waals surface area contributed by atoms with Gasteiger partial charge in [-0.25, -0.2) is 0 Å². The molecule has 3 atom stereocenters. The number of piperazine rings is 1. The van der Waals surface area contributed by atoms with Crippen LogP contribution >= 0.6 is 0 Å². The average Bonchev–Trinajstić information content (AvgIpc) is 3.08. The highest BCUT2D eigenvalue weighted by molar-refractivity contribution is 6.38. The molecule has 1 fully saturated rings. The van der Waals surface area contributed by atoms with Gasteiger partial charge in [0.2, 0.25) is 0 Å². The number of nitrogens with one attached hydrogen (secondary N) is 2. The minimum absolute atomic E-state index is 0.0969. The van der Waals surface area contributed by atoms with E-state index < -0.39 is 5.91 Å². The second-order valence-electron chi connectivity index (χ2n) is 8.06. The number of hydrogen-bond acceptors (Lipinski definition) is 2. The summed E-state index contributed by atoms with van der Waals surface area (Å²) >= 11 is 0. The third-order valence-electron chi connectivity index (χ3n) is 5.73. The van der Waals surface area contributed by atoms with E-state index in [1.165, 1.54) is 0 Å². The number of amidine groups is 1. The smallest absolute Gasteiger partial charge is 0.365 e. The molecule has 3 rings (SSSR count). The molecule has 1 aromatic carbocycles. The molecule has 2 heterocycles. The van der Waals surface area contributed by atoms with Crippen LogP contribution in [0.4, 0.5) is 0 Å². The molecule has 0 saturated carbocycles. The first-order valence-corrected chi connectivity index (χ1v) is 10.1. The summed E-state index contributed by atoms with van der Waals surface area (Å²) in [6.07, 6.45) is 2.67. The number of aromatic amines is 1. The summed E-state index contributed by atoms with van der Waals surface area (Å²) < 4.78 is 1.98. The predicted molar refractivity (Wildman–Crippen MR) is 117 cm³/mol. The molecular weight excluding hydrogens is 366 g/mol. The van der Waals surface area contributed by atoms with Crippen molar-refractivity contribution in [2.75, 3.05) is 20.1 Å². The third kappa shape index (κ3) is 4.76. The molecule has 0 spiro atoms. The van der Waals surface area contributed by atoms with Crippen molar-refractivity contribution in [3.63, 3.8) is 0 Å². The van der Waals surface area contributed by atoms with Crippen LogP contribution in [-0.2, 0) is 11.2 Å². The molecule has 1 aliphatic heterocycles. The molecule has 1 unspecified atom stereocenters. The maximum atomic E-state index is 12.5. The van der Waals surface area contributed by atoms with Gasteiger partial charge in [-0.05, 0) is 50.9 Å². The standard InChI is InChI=1S/C21H31N7O/c1-13(9-16-10-24-18-8-6-5-7-17(16)18)25-20(29)19(22)26-21(23)28-11-14(2)27(4)15(3)12-28/h5-8,10,13-15,24H,9,11-12H2,1-4H3,(H4,22,23,25,26,29)/p+1/t13?,14-,15-/m1/s1. The molecule has 1 aliphatic rings. The Morgan fingerprint density at radius 1 is 1.31 bits per heavy atom. The number of fused-ring (bicyclic) bond motifs is 1. The zero-order chi connectivity index (χ0) is 21.1. The number of carbonyl (C=O) groups is 1. The molecule has 1 amide bonds. The fraction of sp³-hybridized carbons (Fsp3) is 0.476. The lowest BCUT2D eigenvalue weighted by Crippen LogP contribution is -2.54. The van der Waals surface area contributed by atoms with Gasteiger partial charge in [0.25, 0.3) is 5.84 Å². The Labute approximate surface area is 171 Å². The Bertz CT molecular complexity index is 931. The lowest BCUT2D eigenvalue weighted by Gasteiger charge is -2.36. The summed E-state index contributed by atoms with van der Waals surface area (Å²) in [6, 6.07) is 8.70. The topological polar surface area (TPSA) is 116 Å². The number of H-pyrrole nitrogens is 1. The van der Waals surface area contributed by atoms with Gasteiger partial charge in [0, 0.05) is 35.2 Å². The molecule has 1 saturated heterocycles. The Morgan fingerprint density at radius 2 is 1.97 bits per heavy atom. The van der Waals surface area contributed by atoms with Crippen molar-refractivity contribution in [1.82, 2.24) is 15.2 Å². The van der Waals surface area contributed by atoms with Gasteiger partial charge >= 0.3 is 11.9 Å². The summed E-state index contributed by atoms with van der Waals surface area (Å²) in [6.45, 7) is 7.73. The predicted octanol–water partition coefficient (Wildman–Crippen LogP) is 0.622. The van der Waals surface area contributed by atoms with Crippen molar-refractivity contribution in [1.29, 1.82) is 0 Å². The number of rotatable bonds is 3. The van der Waals surface area contributed by atoms with Crippen molar-refractivity contribution in [2.45, 2.75) is 45.3 Å².